The summed E-state index contributed by atoms with van der Waals surface area (Å²) in [6.45, 7) is 9.40. The van der Waals surface area contributed by atoms with E-state index >= 15 is 0 Å². The number of benzene rings is 1. The Bertz CT molecular complexity index is 391. The van der Waals surface area contributed by atoms with Crippen molar-refractivity contribution in [2.24, 2.45) is 5.92 Å². The lowest BCUT2D eigenvalue weighted by atomic mass is 9.95. The zero-order chi connectivity index (χ0) is 15.1. The monoisotopic (exact) mass is 288 g/mol. The SMILES string of the molecule is CCCC(C)c1ccc(CN2CCC(CNC)CC2)cc1. The first-order valence-electron chi connectivity index (χ1n) is 8.68. The minimum absolute atomic E-state index is 0.696. The molecule has 0 spiro atoms. The fraction of sp³-hybridized carbons (Fsp3) is 0.684. The van der Waals surface area contributed by atoms with Gasteiger partial charge in [0.15, 0.2) is 0 Å². The summed E-state index contributed by atoms with van der Waals surface area (Å²) in [6, 6.07) is 9.34. The van der Waals surface area contributed by atoms with Gasteiger partial charge in [-0.15, -0.1) is 0 Å². The Kier molecular flexibility index (Phi) is 6.72. The molecule has 1 fully saturated rings. The minimum Gasteiger partial charge on any atom is -0.319 e. The largest absolute Gasteiger partial charge is 0.319 e. The summed E-state index contributed by atoms with van der Waals surface area (Å²) in [5.41, 5.74) is 2.96. The molecule has 2 rings (SSSR count). The quantitative estimate of drug-likeness (QED) is 0.815. The zero-order valence-corrected chi connectivity index (χ0v) is 14.1. The van der Waals surface area contributed by atoms with Gasteiger partial charge in [-0.3, -0.25) is 4.90 Å². The molecule has 0 amide bonds. The molecule has 1 heterocycles. The van der Waals surface area contributed by atoms with E-state index in [1.165, 1.54) is 56.4 Å². The summed E-state index contributed by atoms with van der Waals surface area (Å²) >= 11 is 0. The van der Waals surface area contributed by atoms with Crippen LogP contribution >= 0.6 is 0 Å². The van der Waals surface area contributed by atoms with Crippen molar-refractivity contribution in [3.63, 3.8) is 0 Å². The average Bonchev–Trinajstić information content (AvgIpc) is 2.50. The number of hydrogen-bond acceptors (Lipinski definition) is 2. The fourth-order valence-corrected chi connectivity index (χ4v) is 3.45. The first kappa shape index (κ1) is 16.5. The maximum atomic E-state index is 3.31. The Morgan fingerprint density at radius 1 is 1.19 bits per heavy atom. The third-order valence-electron chi connectivity index (χ3n) is 4.88. The molecule has 1 aliphatic rings. The Morgan fingerprint density at radius 2 is 1.86 bits per heavy atom. The van der Waals surface area contributed by atoms with Crippen LogP contribution in [0.2, 0.25) is 0 Å². The normalized spacial score (nSPS) is 18.8. The molecule has 0 bridgehead atoms. The predicted molar refractivity (Wildman–Crippen MR) is 91.7 cm³/mol. The van der Waals surface area contributed by atoms with Crippen molar-refractivity contribution in [1.29, 1.82) is 0 Å². The van der Waals surface area contributed by atoms with E-state index in [2.05, 4.69) is 55.4 Å². The van der Waals surface area contributed by atoms with Crippen LogP contribution in [-0.4, -0.2) is 31.6 Å². The second kappa shape index (κ2) is 8.55. The minimum atomic E-state index is 0.696. The summed E-state index contributed by atoms with van der Waals surface area (Å²) in [6.07, 6.45) is 5.24. The lowest BCUT2D eigenvalue weighted by Crippen LogP contribution is -2.36. The highest BCUT2D eigenvalue weighted by Gasteiger charge is 2.18. The van der Waals surface area contributed by atoms with Gasteiger partial charge in [0.05, 0.1) is 0 Å². The summed E-state index contributed by atoms with van der Waals surface area (Å²) in [4.78, 5) is 2.61. The molecule has 118 valence electrons. The maximum Gasteiger partial charge on any atom is 0.0233 e. The molecule has 0 radical (unpaired) electrons. The topological polar surface area (TPSA) is 15.3 Å². The van der Waals surface area contributed by atoms with Crippen LogP contribution in [0.3, 0.4) is 0 Å². The van der Waals surface area contributed by atoms with Gasteiger partial charge in [0.1, 0.15) is 0 Å². The van der Waals surface area contributed by atoms with E-state index in [1.54, 1.807) is 0 Å². The second-order valence-electron chi connectivity index (χ2n) is 6.71. The molecule has 2 nitrogen and oxygen atoms in total. The standard InChI is InChI=1S/C19H32N2/c1-4-5-16(2)19-8-6-18(7-9-19)15-21-12-10-17(11-13-21)14-20-3/h6-9,16-17,20H,4-5,10-15H2,1-3H3. The molecule has 2 heteroatoms. The Balaban J connectivity index is 1.81. The zero-order valence-electron chi connectivity index (χ0n) is 14.1. The molecule has 0 saturated carbocycles. The average molecular weight is 288 g/mol. The van der Waals surface area contributed by atoms with Crippen LogP contribution in [0.4, 0.5) is 0 Å². The van der Waals surface area contributed by atoms with Crippen molar-refractivity contribution in [2.45, 2.75) is 52.0 Å². The van der Waals surface area contributed by atoms with Crippen molar-refractivity contribution < 1.29 is 0 Å². The molecule has 0 aliphatic carbocycles. The fourth-order valence-electron chi connectivity index (χ4n) is 3.45. The molecule has 1 aliphatic heterocycles. The van der Waals surface area contributed by atoms with Gasteiger partial charge < -0.3 is 5.32 Å². The van der Waals surface area contributed by atoms with Crippen molar-refractivity contribution in [1.82, 2.24) is 10.2 Å². The van der Waals surface area contributed by atoms with Gasteiger partial charge in [0, 0.05) is 6.54 Å². The van der Waals surface area contributed by atoms with Crippen LogP contribution in [0.25, 0.3) is 0 Å². The molecular formula is C19H32N2. The Hall–Kier alpha value is -0.860. The second-order valence-corrected chi connectivity index (χ2v) is 6.71. The van der Waals surface area contributed by atoms with E-state index in [1.807, 2.05) is 0 Å². The van der Waals surface area contributed by atoms with E-state index in [0.717, 1.165) is 12.5 Å². The number of piperidine rings is 1. The molecule has 21 heavy (non-hydrogen) atoms. The number of hydrogen-bond donors (Lipinski definition) is 1. The third kappa shape index (κ3) is 5.12. The molecular weight excluding hydrogens is 256 g/mol. The molecule has 1 atom stereocenters. The number of nitrogens with zero attached hydrogens (tertiary/aromatic N) is 1. The number of likely N-dealkylation sites (tertiary alicyclic amines) is 1. The number of rotatable bonds is 7. The highest BCUT2D eigenvalue weighted by atomic mass is 15.1. The van der Waals surface area contributed by atoms with E-state index in [4.69, 9.17) is 0 Å². The van der Waals surface area contributed by atoms with Gasteiger partial charge in [-0.1, -0.05) is 44.5 Å². The van der Waals surface area contributed by atoms with E-state index in [9.17, 15) is 0 Å². The first-order chi connectivity index (χ1) is 10.2. The smallest absolute Gasteiger partial charge is 0.0233 e. The van der Waals surface area contributed by atoms with Crippen molar-refractivity contribution in [2.75, 3.05) is 26.7 Å². The van der Waals surface area contributed by atoms with Crippen LogP contribution in [0.15, 0.2) is 24.3 Å². The summed E-state index contributed by atoms with van der Waals surface area (Å²) in [7, 11) is 2.06. The molecule has 1 unspecified atom stereocenters. The Morgan fingerprint density at radius 3 is 2.43 bits per heavy atom. The molecule has 1 N–H and O–H groups in total. The van der Waals surface area contributed by atoms with Gasteiger partial charge in [-0.05, 0) is 68.9 Å². The summed E-state index contributed by atoms with van der Waals surface area (Å²) in [5.74, 6) is 1.57. The summed E-state index contributed by atoms with van der Waals surface area (Å²) < 4.78 is 0. The lowest BCUT2D eigenvalue weighted by Gasteiger charge is -2.32. The highest BCUT2D eigenvalue weighted by Crippen LogP contribution is 2.22. The highest BCUT2D eigenvalue weighted by molar-refractivity contribution is 5.25. The molecule has 1 aromatic rings. The van der Waals surface area contributed by atoms with E-state index < -0.39 is 0 Å². The van der Waals surface area contributed by atoms with Crippen molar-refractivity contribution in [3.05, 3.63) is 35.4 Å². The first-order valence-corrected chi connectivity index (χ1v) is 8.68. The lowest BCUT2D eigenvalue weighted by molar-refractivity contribution is 0.177. The van der Waals surface area contributed by atoms with Crippen LogP contribution in [0.1, 0.15) is 56.6 Å². The summed E-state index contributed by atoms with van der Waals surface area (Å²) in [5, 5.41) is 3.31. The van der Waals surface area contributed by atoms with Crippen LogP contribution < -0.4 is 5.32 Å². The molecule has 0 aromatic heterocycles. The van der Waals surface area contributed by atoms with Gasteiger partial charge in [-0.25, -0.2) is 0 Å². The molecule has 1 aromatic carbocycles. The number of nitrogens with one attached hydrogen (secondary N) is 1. The maximum absolute atomic E-state index is 3.31. The van der Waals surface area contributed by atoms with Gasteiger partial charge in [-0.2, -0.15) is 0 Å². The van der Waals surface area contributed by atoms with E-state index in [-0.39, 0.29) is 0 Å². The van der Waals surface area contributed by atoms with Crippen LogP contribution in [0, 0.1) is 5.92 Å². The van der Waals surface area contributed by atoms with Gasteiger partial charge in [0.2, 0.25) is 0 Å². The van der Waals surface area contributed by atoms with Gasteiger partial charge in [0.25, 0.3) is 0 Å². The predicted octanol–water partition coefficient (Wildman–Crippen LogP) is 4.02. The third-order valence-corrected chi connectivity index (χ3v) is 4.88. The van der Waals surface area contributed by atoms with Gasteiger partial charge >= 0.3 is 0 Å². The molecule has 1 saturated heterocycles. The van der Waals surface area contributed by atoms with Crippen LogP contribution in [0.5, 0.6) is 0 Å². The Labute approximate surface area is 130 Å². The van der Waals surface area contributed by atoms with Crippen LogP contribution in [-0.2, 0) is 6.54 Å². The van der Waals surface area contributed by atoms with E-state index in [0.29, 0.717) is 5.92 Å². The van der Waals surface area contributed by atoms with Crippen molar-refractivity contribution in [3.8, 4) is 0 Å². The van der Waals surface area contributed by atoms with Crippen molar-refractivity contribution >= 4 is 0 Å².